The van der Waals surface area contributed by atoms with Gasteiger partial charge in [-0.3, -0.25) is 0 Å². The summed E-state index contributed by atoms with van der Waals surface area (Å²) >= 11 is 0. The maximum atomic E-state index is 13.7. The standard InChI is InChI=1S/C23H32F2N8O/c1-12-30-31-21(34-12)32-9-13-5-6-14(10-32)17(13)27-20-28-18(26-4)16-19(29-20)33(11-22(16,2)3)15-7-23(24,25)8-15/h13-15,17H,5-11H2,1-4H3,(H2,26,27,28,29)/t13-,14+,17-. The third kappa shape index (κ3) is 3.46. The molecule has 2 N–H and O–H groups in total. The van der Waals surface area contributed by atoms with Crippen molar-refractivity contribution < 1.29 is 13.2 Å². The molecule has 1 saturated heterocycles. The molecule has 0 amide bonds. The predicted molar refractivity (Wildman–Crippen MR) is 125 cm³/mol. The lowest BCUT2D eigenvalue weighted by Gasteiger charge is -2.42. The summed E-state index contributed by atoms with van der Waals surface area (Å²) < 4.78 is 33.0. The normalized spacial score (nSPS) is 29.2. The van der Waals surface area contributed by atoms with Crippen LogP contribution in [0.5, 0.6) is 0 Å². The molecule has 2 bridgehead atoms. The maximum Gasteiger partial charge on any atom is 0.318 e. The molecule has 0 aromatic carbocycles. The fourth-order valence-corrected chi connectivity index (χ4v) is 6.43. The van der Waals surface area contributed by atoms with Crippen molar-refractivity contribution in [3.63, 3.8) is 0 Å². The first kappa shape index (κ1) is 21.8. The maximum absolute atomic E-state index is 13.7. The van der Waals surface area contributed by atoms with Crippen LogP contribution in [0, 0.1) is 18.8 Å². The van der Waals surface area contributed by atoms with Crippen molar-refractivity contribution in [1.29, 1.82) is 0 Å². The molecule has 0 unspecified atom stereocenters. The summed E-state index contributed by atoms with van der Waals surface area (Å²) in [5.74, 6) is 0.973. The highest BCUT2D eigenvalue weighted by molar-refractivity contribution is 5.70. The number of piperidine rings is 1. The number of rotatable bonds is 5. The monoisotopic (exact) mass is 474 g/mol. The molecule has 2 saturated carbocycles. The highest BCUT2D eigenvalue weighted by atomic mass is 19.3. The highest BCUT2D eigenvalue weighted by Crippen LogP contribution is 2.50. The number of hydrogen-bond donors (Lipinski definition) is 2. The van der Waals surface area contributed by atoms with E-state index in [0.29, 0.717) is 36.2 Å². The van der Waals surface area contributed by atoms with Crippen LogP contribution in [0.2, 0.25) is 0 Å². The summed E-state index contributed by atoms with van der Waals surface area (Å²) in [7, 11) is 1.86. The van der Waals surface area contributed by atoms with E-state index in [0.717, 1.165) is 43.1 Å². The molecule has 2 aliphatic carbocycles. The van der Waals surface area contributed by atoms with Gasteiger partial charge in [-0.15, -0.1) is 5.10 Å². The second-order valence-corrected chi connectivity index (χ2v) is 11.1. The van der Waals surface area contributed by atoms with Gasteiger partial charge >= 0.3 is 6.01 Å². The zero-order valence-electron chi connectivity index (χ0n) is 20.1. The van der Waals surface area contributed by atoms with Gasteiger partial charge in [0.15, 0.2) is 0 Å². The summed E-state index contributed by atoms with van der Waals surface area (Å²) in [4.78, 5) is 14.0. The average Bonchev–Trinajstić information content (AvgIpc) is 3.37. The van der Waals surface area contributed by atoms with Gasteiger partial charge in [0.25, 0.3) is 5.92 Å². The van der Waals surface area contributed by atoms with E-state index in [1.807, 2.05) is 7.05 Å². The Kier molecular flexibility index (Phi) is 4.73. The smallest absolute Gasteiger partial charge is 0.318 e. The van der Waals surface area contributed by atoms with Crippen LogP contribution in [-0.4, -0.2) is 64.9 Å². The fraction of sp³-hybridized carbons (Fsp3) is 0.739. The molecule has 11 heteroatoms. The van der Waals surface area contributed by atoms with Crippen LogP contribution in [0.1, 0.15) is 51.0 Å². The Morgan fingerprint density at radius 2 is 1.76 bits per heavy atom. The SMILES string of the molecule is CNc1nc(N[C@@H]2[C@@H]3CC[C@H]2CN(c2nnc(C)o2)C3)nc2c1C(C)(C)CN2C1CC(F)(F)C1. The Hall–Kier alpha value is -2.72. The molecule has 2 aromatic heterocycles. The third-order valence-electron chi connectivity index (χ3n) is 8.07. The van der Waals surface area contributed by atoms with E-state index in [1.54, 1.807) is 6.92 Å². The van der Waals surface area contributed by atoms with E-state index in [-0.39, 0.29) is 30.3 Å². The highest BCUT2D eigenvalue weighted by Gasteiger charge is 2.52. The van der Waals surface area contributed by atoms with Gasteiger partial charge in [0.2, 0.25) is 11.8 Å². The first-order valence-electron chi connectivity index (χ1n) is 12.2. The summed E-state index contributed by atoms with van der Waals surface area (Å²) in [6, 6.07) is 0.661. The van der Waals surface area contributed by atoms with Gasteiger partial charge in [0, 0.05) is 69.5 Å². The molecule has 3 fully saturated rings. The number of fused-ring (bicyclic) bond motifs is 3. The van der Waals surface area contributed by atoms with Gasteiger partial charge in [-0.1, -0.05) is 18.9 Å². The Balaban J connectivity index is 1.26. The molecule has 0 spiro atoms. The van der Waals surface area contributed by atoms with E-state index >= 15 is 0 Å². The number of aromatic nitrogens is 4. The Bertz CT molecular complexity index is 1080. The molecule has 9 nitrogen and oxygen atoms in total. The molecule has 34 heavy (non-hydrogen) atoms. The van der Waals surface area contributed by atoms with Crippen molar-refractivity contribution in [3.8, 4) is 0 Å². The number of nitrogens with zero attached hydrogens (tertiary/aromatic N) is 6. The predicted octanol–water partition coefficient (Wildman–Crippen LogP) is 3.43. The van der Waals surface area contributed by atoms with Crippen molar-refractivity contribution in [2.45, 2.75) is 69.9 Å². The van der Waals surface area contributed by atoms with Crippen molar-refractivity contribution in [2.24, 2.45) is 11.8 Å². The first-order valence-corrected chi connectivity index (χ1v) is 12.2. The van der Waals surface area contributed by atoms with Gasteiger partial charge in [-0.25, -0.2) is 8.78 Å². The number of halogens is 2. The Labute approximate surface area is 197 Å². The number of alkyl halides is 2. The molecule has 184 valence electrons. The second-order valence-electron chi connectivity index (χ2n) is 11.1. The minimum absolute atomic E-state index is 0.109. The van der Waals surface area contributed by atoms with E-state index in [4.69, 9.17) is 14.4 Å². The number of anilines is 4. The topological polar surface area (TPSA) is 95.2 Å². The lowest BCUT2D eigenvalue weighted by molar-refractivity contribution is -0.0859. The van der Waals surface area contributed by atoms with E-state index in [2.05, 4.69) is 44.5 Å². The van der Waals surface area contributed by atoms with Gasteiger partial charge < -0.3 is 24.9 Å². The molecule has 2 aliphatic heterocycles. The number of hydrogen-bond acceptors (Lipinski definition) is 9. The quantitative estimate of drug-likeness (QED) is 0.676. The zero-order valence-corrected chi connectivity index (χ0v) is 20.1. The summed E-state index contributed by atoms with van der Waals surface area (Å²) in [5.41, 5.74) is 0.796. The van der Waals surface area contributed by atoms with Gasteiger partial charge in [0.05, 0.1) is 0 Å². The van der Waals surface area contributed by atoms with E-state index in [1.165, 1.54) is 0 Å². The van der Waals surface area contributed by atoms with Crippen LogP contribution in [0.25, 0.3) is 0 Å². The van der Waals surface area contributed by atoms with Crippen LogP contribution in [0.4, 0.5) is 32.4 Å². The summed E-state index contributed by atoms with van der Waals surface area (Å²) in [6.45, 7) is 8.43. The average molecular weight is 475 g/mol. The fourth-order valence-electron chi connectivity index (χ4n) is 6.43. The van der Waals surface area contributed by atoms with Crippen LogP contribution in [-0.2, 0) is 5.41 Å². The first-order chi connectivity index (χ1) is 16.1. The lowest BCUT2D eigenvalue weighted by Crippen LogP contribution is -2.51. The lowest BCUT2D eigenvalue weighted by atomic mass is 9.85. The van der Waals surface area contributed by atoms with E-state index in [9.17, 15) is 8.78 Å². The molecular weight excluding hydrogens is 442 g/mol. The van der Waals surface area contributed by atoms with Crippen LogP contribution in [0.3, 0.4) is 0 Å². The van der Waals surface area contributed by atoms with Crippen molar-refractivity contribution in [3.05, 3.63) is 11.5 Å². The Morgan fingerprint density at radius 1 is 1.06 bits per heavy atom. The van der Waals surface area contributed by atoms with Gasteiger partial charge in [-0.05, 0) is 24.7 Å². The summed E-state index contributed by atoms with van der Waals surface area (Å²) in [6.07, 6.45) is 2.02. The van der Waals surface area contributed by atoms with Gasteiger partial charge in [0.1, 0.15) is 11.6 Å². The number of nitrogens with one attached hydrogen (secondary N) is 2. The number of aryl methyl sites for hydroxylation is 1. The minimum atomic E-state index is -2.57. The van der Waals surface area contributed by atoms with Crippen LogP contribution < -0.4 is 20.4 Å². The molecule has 0 radical (unpaired) electrons. The molecule has 4 heterocycles. The zero-order chi connectivity index (χ0) is 23.8. The Morgan fingerprint density at radius 3 is 2.35 bits per heavy atom. The molecular formula is C23H32F2N8O. The van der Waals surface area contributed by atoms with Crippen molar-refractivity contribution in [2.75, 3.05) is 47.1 Å². The van der Waals surface area contributed by atoms with Crippen molar-refractivity contribution >= 4 is 23.6 Å². The molecule has 3 atom stereocenters. The van der Waals surface area contributed by atoms with E-state index < -0.39 is 5.92 Å². The summed E-state index contributed by atoms with van der Waals surface area (Å²) in [5, 5.41) is 15.0. The largest absolute Gasteiger partial charge is 0.408 e. The molecule has 4 aliphatic rings. The van der Waals surface area contributed by atoms with Gasteiger partial charge in [-0.2, -0.15) is 9.97 Å². The molecule has 2 aromatic rings. The second kappa shape index (κ2) is 7.39. The van der Waals surface area contributed by atoms with Crippen LogP contribution in [0.15, 0.2) is 4.42 Å². The minimum Gasteiger partial charge on any atom is -0.408 e. The van der Waals surface area contributed by atoms with Crippen LogP contribution >= 0.6 is 0 Å². The molecule has 6 rings (SSSR count). The van der Waals surface area contributed by atoms with Crippen molar-refractivity contribution in [1.82, 2.24) is 20.2 Å². The third-order valence-corrected chi connectivity index (χ3v) is 8.07.